The molecular formula is C20H31NO4. The standard InChI is InChI=1S/C20H31NO4/c1-2-3-4-5-6-7-8-9-10-11-12-13-16-19(21(24)25)17-14-15-18-20(22)23/h6-7,9-10,12-13,17H,2-5,8,11,14-16,18H2,1H3,(H,22,23)/b7-6+,10-9+,13-12+,19-17-. The number of nitro groups is 1. The lowest BCUT2D eigenvalue weighted by Crippen LogP contribution is -1.98. The molecule has 0 atom stereocenters. The van der Waals surface area contributed by atoms with Crippen molar-refractivity contribution in [3.63, 3.8) is 0 Å². The zero-order valence-corrected chi connectivity index (χ0v) is 15.2. The van der Waals surface area contributed by atoms with Crippen molar-refractivity contribution in [2.24, 2.45) is 0 Å². The molecule has 140 valence electrons. The first-order valence-electron chi connectivity index (χ1n) is 9.08. The quantitative estimate of drug-likeness (QED) is 0.175. The van der Waals surface area contributed by atoms with Crippen LogP contribution in [0.2, 0.25) is 0 Å². The van der Waals surface area contributed by atoms with Gasteiger partial charge >= 0.3 is 5.97 Å². The molecule has 0 aromatic carbocycles. The molecule has 0 amide bonds. The van der Waals surface area contributed by atoms with Crippen molar-refractivity contribution in [1.82, 2.24) is 0 Å². The van der Waals surface area contributed by atoms with Crippen molar-refractivity contribution < 1.29 is 14.8 Å². The molecule has 0 heterocycles. The third kappa shape index (κ3) is 16.5. The molecule has 0 aliphatic rings. The minimum Gasteiger partial charge on any atom is -0.481 e. The van der Waals surface area contributed by atoms with Gasteiger partial charge in [-0.3, -0.25) is 14.9 Å². The van der Waals surface area contributed by atoms with Crippen molar-refractivity contribution in [3.8, 4) is 0 Å². The molecule has 5 nitrogen and oxygen atoms in total. The number of carboxylic acids is 1. The van der Waals surface area contributed by atoms with Crippen LogP contribution in [0.15, 0.2) is 48.2 Å². The molecule has 0 saturated heterocycles. The van der Waals surface area contributed by atoms with Crippen molar-refractivity contribution in [1.29, 1.82) is 0 Å². The molecule has 25 heavy (non-hydrogen) atoms. The molecule has 0 radical (unpaired) electrons. The minimum absolute atomic E-state index is 0.0369. The monoisotopic (exact) mass is 349 g/mol. The number of allylic oxidation sites excluding steroid dienone is 7. The number of aliphatic carboxylic acids is 1. The Hall–Kier alpha value is -2.17. The second-order valence-electron chi connectivity index (χ2n) is 5.82. The van der Waals surface area contributed by atoms with E-state index in [0.29, 0.717) is 12.8 Å². The van der Waals surface area contributed by atoms with Gasteiger partial charge in [0.25, 0.3) is 0 Å². The van der Waals surface area contributed by atoms with Gasteiger partial charge in [-0.15, -0.1) is 0 Å². The van der Waals surface area contributed by atoms with Crippen LogP contribution in [0.25, 0.3) is 0 Å². The Balaban J connectivity index is 3.94. The summed E-state index contributed by atoms with van der Waals surface area (Å²) in [7, 11) is 0. The summed E-state index contributed by atoms with van der Waals surface area (Å²) >= 11 is 0. The molecule has 0 spiro atoms. The van der Waals surface area contributed by atoms with Crippen LogP contribution in [0, 0.1) is 10.1 Å². The van der Waals surface area contributed by atoms with E-state index >= 15 is 0 Å². The maximum absolute atomic E-state index is 10.9. The van der Waals surface area contributed by atoms with Gasteiger partial charge in [-0.25, -0.2) is 0 Å². The van der Waals surface area contributed by atoms with Gasteiger partial charge in [-0.05, 0) is 44.6 Å². The van der Waals surface area contributed by atoms with Gasteiger partial charge in [-0.2, -0.15) is 0 Å². The first-order valence-corrected chi connectivity index (χ1v) is 9.08. The lowest BCUT2D eigenvalue weighted by atomic mass is 10.2. The fourth-order valence-corrected chi connectivity index (χ4v) is 2.13. The molecule has 0 fully saturated rings. The Morgan fingerprint density at radius 1 is 0.960 bits per heavy atom. The summed E-state index contributed by atoms with van der Waals surface area (Å²) in [6.07, 6.45) is 21.5. The van der Waals surface area contributed by atoms with E-state index in [1.54, 1.807) is 6.08 Å². The topological polar surface area (TPSA) is 80.4 Å². The molecule has 0 aliphatic carbocycles. The molecule has 1 N–H and O–H groups in total. The highest BCUT2D eigenvalue weighted by molar-refractivity contribution is 5.66. The maximum Gasteiger partial charge on any atom is 0.303 e. The van der Waals surface area contributed by atoms with E-state index in [4.69, 9.17) is 5.11 Å². The zero-order chi connectivity index (χ0) is 18.8. The Labute approximate surface area is 151 Å². The number of unbranched alkanes of at least 4 members (excludes halogenated alkanes) is 4. The largest absolute Gasteiger partial charge is 0.481 e. The number of hydrogen-bond donors (Lipinski definition) is 1. The number of nitrogens with zero attached hydrogens (tertiary/aromatic N) is 1. The molecule has 0 unspecified atom stereocenters. The van der Waals surface area contributed by atoms with E-state index in [-0.39, 0.29) is 18.5 Å². The number of rotatable bonds is 15. The van der Waals surface area contributed by atoms with Gasteiger partial charge in [0, 0.05) is 6.42 Å². The highest BCUT2D eigenvalue weighted by Crippen LogP contribution is 2.08. The first-order chi connectivity index (χ1) is 12.1. The highest BCUT2D eigenvalue weighted by atomic mass is 16.6. The maximum atomic E-state index is 10.9. The predicted molar refractivity (Wildman–Crippen MR) is 102 cm³/mol. The van der Waals surface area contributed by atoms with Gasteiger partial charge in [0.2, 0.25) is 5.70 Å². The first kappa shape index (κ1) is 22.8. The predicted octanol–water partition coefficient (Wildman–Crippen LogP) is 5.82. The molecule has 0 saturated carbocycles. The molecule has 5 heteroatoms. The van der Waals surface area contributed by atoms with Crippen LogP contribution in [0.4, 0.5) is 0 Å². The SMILES string of the molecule is CCCCC/C=C/C/C=C/C/C=C/C/C(=C/CCCC(=O)O)[N+](=O)[O-]. The zero-order valence-electron chi connectivity index (χ0n) is 15.2. The number of hydrogen-bond acceptors (Lipinski definition) is 3. The summed E-state index contributed by atoms with van der Waals surface area (Å²) in [5, 5.41) is 19.5. The molecule has 0 aromatic rings. The van der Waals surface area contributed by atoms with Crippen LogP contribution in [0.1, 0.15) is 71.1 Å². The van der Waals surface area contributed by atoms with E-state index in [9.17, 15) is 14.9 Å². The van der Waals surface area contributed by atoms with Crippen LogP contribution in [0.5, 0.6) is 0 Å². The van der Waals surface area contributed by atoms with Gasteiger partial charge in [0.05, 0.1) is 11.3 Å². The van der Waals surface area contributed by atoms with Crippen LogP contribution >= 0.6 is 0 Å². The van der Waals surface area contributed by atoms with Crippen molar-refractivity contribution in [2.45, 2.75) is 71.1 Å². The summed E-state index contributed by atoms with van der Waals surface area (Å²) in [6, 6.07) is 0. The van der Waals surface area contributed by atoms with Gasteiger partial charge < -0.3 is 5.11 Å². The fraction of sp³-hybridized carbons (Fsp3) is 0.550. The van der Waals surface area contributed by atoms with E-state index in [2.05, 4.69) is 31.2 Å². The summed E-state index contributed by atoms with van der Waals surface area (Å²) < 4.78 is 0. The van der Waals surface area contributed by atoms with Crippen LogP contribution in [0.3, 0.4) is 0 Å². The van der Waals surface area contributed by atoms with E-state index in [1.165, 1.54) is 25.3 Å². The van der Waals surface area contributed by atoms with Crippen molar-refractivity contribution in [3.05, 3.63) is 58.3 Å². The highest BCUT2D eigenvalue weighted by Gasteiger charge is 2.07. The summed E-state index contributed by atoms with van der Waals surface area (Å²) in [5.74, 6) is -0.876. The lowest BCUT2D eigenvalue weighted by Gasteiger charge is -1.95. The third-order valence-electron chi connectivity index (χ3n) is 3.55. The Bertz CT molecular complexity index is 490. The number of carboxylic acid groups (broad SMARTS) is 1. The third-order valence-corrected chi connectivity index (χ3v) is 3.55. The van der Waals surface area contributed by atoms with Gasteiger partial charge in [0.15, 0.2) is 0 Å². The molecule has 0 bridgehead atoms. The molecule has 0 aromatic heterocycles. The normalized spacial score (nSPS) is 12.6. The van der Waals surface area contributed by atoms with E-state index < -0.39 is 10.9 Å². The second-order valence-corrected chi connectivity index (χ2v) is 5.82. The second kappa shape index (κ2) is 16.7. The Kier molecular flexibility index (Phi) is 15.2. The van der Waals surface area contributed by atoms with Crippen LogP contribution in [-0.4, -0.2) is 16.0 Å². The Morgan fingerprint density at radius 3 is 2.20 bits per heavy atom. The molecule has 0 aliphatic heterocycles. The summed E-state index contributed by atoms with van der Waals surface area (Å²) in [5.41, 5.74) is 0.126. The summed E-state index contributed by atoms with van der Waals surface area (Å²) in [6.45, 7) is 2.20. The molecule has 0 rings (SSSR count). The fourth-order valence-electron chi connectivity index (χ4n) is 2.13. The minimum atomic E-state index is -0.876. The van der Waals surface area contributed by atoms with Gasteiger partial charge in [0.1, 0.15) is 0 Å². The average Bonchev–Trinajstić information content (AvgIpc) is 2.57. The molecular weight excluding hydrogens is 318 g/mol. The van der Waals surface area contributed by atoms with Crippen LogP contribution < -0.4 is 0 Å². The van der Waals surface area contributed by atoms with Crippen molar-refractivity contribution in [2.75, 3.05) is 0 Å². The Morgan fingerprint density at radius 2 is 1.60 bits per heavy atom. The average molecular weight is 349 g/mol. The summed E-state index contributed by atoms with van der Waals surface area (Å²) in [4.78, 5) is 20.9. The smallest absolute Gasteiger partial charge is 0.303 e. The lowest BCUT2D eigenvalue weighted by molar-refractivity contribution is -0.427. The van der Waals surface area contributed by atoms with Gasteiger partial charge in [-0.1, -0.05) is 56.2 Å². The van der Waals surface area contributed by atoms with Crippen molar-refractivity contribution >= 4 is 5.97 Å². The van der Waals surface area contributed by atoms with E-state index in [0.717, 1.165) is 19.3 Å². The van der Waals surface area contributed by atoms with E-state index in [1.807, 2.05) is 6.08 Å². The van der Waals surface area contributed by atoms with Crippen LogP contribution in [-0.2, 0) is 4.79 Å². The number of carbonyl (C=O) groups is 1.